The Hall–Kier alpha value is -3.34. The first-order valence-corrected chi connectivity index (χ1v) is 8.46. The van der Waals surface area contributed by atoms with Gasteiger partial charge < -0.3 is 15.4 Å². The zero-order chi connectivity index (χ0) is 18.4. The van der Waals surface area contributed by atoms with Crippen LogP contribution in [-0.2, 0) is 6.42 Å². The monoisotopic (exact) mass is 347 g/mol. The van der Waals surface area contributed by atoms with Gasteiger partial charge in [-0.2, -0.15) is 0 Å². The highest BCUT2D eigenvalue weighted by molar-refractivity contribution is 6.03. The Labute approximate surface area is 153 Å². The standard InChI is InChI=1S/C21H21N3O2/c1-3-15-6-4-5-7-19(15)24-21(25)20-14-17(12-13-22-20)23-16-8-10-18(26-2)11-9-16/h4-14H,3H2,1-2H3,(H,22,23)(H,24,25). The van der Waals surface area contributed by atoms with Gasteiger partial charge in [0.1, 0.15) is 11.4 Å². The van der Waals surface area contributed by atoms with Gasteiger partial charge in [0, 0.05) is 23.3 Å². The van der Waals surface area contributed by atoms with E-state index in [1.807, 2.05) is 54.6 Å². The fraction of sp³-hybridized carbons (Fsp3) is 0.143. The molecule has 0 atom stereocenters. The number of aryl methyl sites for hydroxylation is 1. The second-order valence-corrected chi connectivity index (χ2v) is 5.75. The van der Waals surface area contributed by atoms with Gasteiger partial charge >= 0.3 is 0 Å². The summed E-state index contributed by atoms with van der Waals surface area (Å²) in [5.74, 6) is 0.559. The van der Waals surface area contributed by atoms with Crippen molar-refractivity contribution in [3.8, 4) is 5.75 Å². The maximum Gasteiger partial charge on any atom is 0.274 e. The van der Waals surface area contributed by atoms with Crippen molar-refractivity contribution in [2.75, 3.05) is 17.7 Å². The molecule has 132 valence electrons. The van der Waals surface area contributed by atoms with Gasteiger partial charge in [0.05, 0.1) is 7.11 Å². The van der Waals surface area contributed by atoms with Gasteiger partial charge in [0.25, 0.3) is 5.91 Å². The van der Waals surface area contributed by atoms with Crippen molar-refractivity contribution >= 4 is 23.0 Å². The van der Waals surface area contributed by atoms with Crippen LogP contribution in [-0.4, -0.2) is 18.0 Å². The number of hydrogen-bond acceptors (Lipinski definition) is 4. The first-order chi connectivity index (χ1) is 12.7. The lowest BCUT2D eigenvalue weighted by Gasteiger charge is -2.11. The number of benzene rings is 2. The second-order valence-electron chi connectivity index (χ2n) is 5.75. The molecule has 2 aromatic carbocycles. The molecule has 0 unspecified atom stereocenters. The number of carbonyl (C=O) groups excluding carboxylic acids is 1. The van der Waals surface area contributed by atoms with Crippen molar-refractivity contribution in [2.24, 2.45) is 0 Å². The number of carbonyl (C=O) groups is 1. The molecule has 0 saturated carbocycles. The van der Waals surface area contributed by atoms with Crippen LogP contribution in [0, 0.1) is 0 Å². The largest absolute Gasteiger partial charge is 0.497 e. The molecule has 0 bridgehead atoms. The van der Waals surface area contributed by atoms with Crippen LogP contribution >= 0.6 is 0 Å². The molecule has 0 aliphatic rings. The van der Waals surface area contributed by atoms with Crippen LogP contribution < -0.4 is 15.4 Å². The lowest BCUT2D eigenvalue weighted by molar-refractivity contribution is 0.102. The van der Waals surface area contributed by atoms with E-state index in [-0.39, 0.29) is 5.91 Å². The number of nitrogens with zero attached hydrogens (tertiary/aromatic N) is 1. The Balaban J connectivity index is 1.74. The number of rotatable bonds is 6. The summed E-state index contributed by atoms with van der Waals surface area (Å²) in [5.41, 5.74) is 3.96. The molecule has 5 heteroatoms. The van der Waals surface area contributed by atoms with E-state index in [9.17, 15) is 4.79 Å². The molecule has 26 heavy (non-hydrogen) atoms. The summed E-state index contributed by atoms with van der Waals surface area (Å²) in [6, 6.07) is 18.9. The Bertz CT molecular complexity index is 892. The van der Waals surface area contributed by atoms with E-state index in [0.29, 0.717) is 5.69 Å². The van der Waals surface area contributed by atoms with Gasteiger partial charge in [-0.25, -0.2) is 0 Å². The molecular formula is C21H21N3O2. The first kappa shape index (κ1) is 17.5. The van der Waals surface area contributed by atoms with E-state index in [4.69, 9.17) is 4.74 Å². The highest BCUT2D eigenvalue weighted by atomic mass is 16.5. The van der Waals surface area contributed by atoms with Crippen molar-refractivity contribution < 1.29 is 9.53 Å². The predicted octanol–water partition coefficient (Wildman–Crippen LogP) is 4.65. The summed E-state index contributed by atoms with van der Waals surface area (Å²) >= 11 is 0. The Kier molecular flexibility index (Phi) is 5.49. The fourth-order valence-electron chi connectivity index (χ4n) is 2.61. The van der Waals surface area contributed by atoms with E-state index in [0.717, 1.165) is 34.8 Å². The van der Waals surface area contributed by atoms with Crippen LogP contribution in [0.1, 0.15) is 23.0 Å². The molecule has 0 aliphatic carbocycles. The third-order valence-corrected chi connectivity index (χ3v) is 4.02. The summed E-state index contributed by atoms with van der Waals surface area (Å²) < 4.78 is 5.15. The first-order valence-electron chi connectivity index (χ1n) is 8.46. The van der Waals surface area contributed by atoms with Crippen LogP contribution in [0.25, 0.3) is 0 Å². The molecule has 2 N–H and O–H groups in total. The van der Waals surface area contributed by atoms with Gasteiger partial charge in [-0.1, -0.05) is 25.1 Å². The van der Waals surface area contributed by atoms with Gasteiger partial charge in [-0.15, -0.1) is 0 Å². The molecule has 1 aromatic heterocycles. The minimum atomic E-state index is -0.232. The van der Waals surface area contributed by atoms with Crippen LogP contribution in [0.15, 0.2) is 66.9 Å². The molecule has 0 aliphatic heterocycles. The van der Waals surface area contributed by atoms with Crippen molar-refractivity contribution in [3.05, 3.63) is 78.1 Å². The van der Waals surface area contributed by atoms with Crippen molar-refractivity contribution in [1.29, 1.82) is 0 Å². The molecule has 0 spiro atoms. The summed E-state index contributed by atoms with van der Waals surface area (Å²) in [6.07, 6.45) is 2.47. The molecule has 3 rings (SSSR count). The minimum absolute atomic E-state index is 0.232. The Morgan fingerprint density at radius 2 is 1.81 bits per heavy atom. The number of aromatic nitrogens is 1. The molecule has 1 heterocycles. The van der Waals surface area contributed by atoms with Crippen molar-refractivity contribution in [3.63, 3.8) is 0 Å². The van der Waals surface area contributed by atoms with E-state index in [1.54, 1.807) is 19.4 Å². The van der Waals surface area contributed by atoms with Crippen molar-refractivity contribution in [2.45, 2.75) is 13.3 Å². The Morgan fingerprint density at radius 3 is 2.54 bits per heavy atom. The topological polar surface area (TPSA) is 63.2 Å². The van der Waals surface area contributed by atoms with Gasteiger partial charge in [0.15, 0.2) is 0 Å². The summed E-state index contributed by atoms with van der Waals surface area (Å²) in [6.45, 7) is 2.06. The summed E-state index contributed by atoms with van der Waals surface area (Å²) in [4.78, 5) is 16.7. The third kappa shape index (κ3) is 4.19. The number of ether oxygens (including phenoxy) is 1. The SMILES string of the molecule is CCc1ccccc1NC(=O)c1cc(Nc2ccc(OC)cc2)ccn1. The highest BCUT2D eigenvalue weighted by Gasteiger charge is 2.10. The minimum Gasteiger partial charge on any atom is -0.497 e. The fourth-order valence-corrected chi connectivity index (χ4v) is 2.61. The number of amides is 1. The lowest BCUT2D eigenvalue weighted by Crippen LogP contribution is -2.15. The molecule has 5 nitrogen and oxygen atoms in total. The molecular weight excluding hydrogens is 326 g/mol. The van der Waals surface area contributed by atoms with Gasteiger partial charge in [-0.05, 0) is 54.4 Å². The normalized spacial score (nSPS) is 10.2. The quantitative estimate of drug-likeness (QED) is 0.681. The predicted molar refractivity (Wildman–Crippen MR) is 104 cm³/mol. The maximum atomic E-state index is 12.6. The third-order valence-electron chi connectivity index (χ3n) is 4.02. The van der Waals surface area contributed by atoms with E-state index < -0.39 is 0 Å². The van der Waals surface area contributed by atoms with Crippen LogP contribution in [0.3, 0.4) is 0 Å². The molecule has 0 radical (unpaired) electrons. The van der Waals surface area contributed by atoms with Crippen LogP contribution in [0.2, 0.25) is 0 Å². The summed E-state index contributed by atoms with van der Waals surface area (Å²) in [5, 5.41) is 6.20. The molecule has 3 aromatic rings. The zero-order valence-electron chi connectivity index (χ0n) is 14.8. The highest BCUT2D eigenvalue weighted by Crippen LogP contribution is 2.21. The van der Waals surface area contributed by atoms with Crippen LogP contribution in [0.4, 0.5) is 17.1 Å². The average molecular weight is 347 g/mol. The number of hydrogen-bond donors (Lipinski definition) is 2. The molecule has 1 amide bonds. The van der Waals surface area contributed by atoms with E-state index in [2.05, 4.69) is 22.5 Å². The lowest BCUT2D eigenvalue weighted by atomic mass is 10.1. The Morgan fingerprint density at radius 1 is 1.04 bits per heavy atom. The van der Waals surface area contributed by atoms with E-state index in [1.165, 1.54) is 0 Å². The maximum absolute atomic E-state index is 12.6. The van der Waals surface area contributed by atoms with E-state index >= 15 is 0 Å². The summed E-state index contributed by atoms with van der Waals surface area (Å²) in [7, 11) is 1.63. The molecule has 0 saturated heterocycles. The number of pyridine rings is 1. The zero-order valence-corrected chi connectivity index (χ0v) is 14.8. The number of nitrogens with one attached hydrogen (secondary N) is 2. The smallest absolute Gasteiger partial charge is 0.274 e. The number of methoxy groups -OCH3 is 1. The molecule has 0 fully saturated rings. The van der Waals surface area contributed by atoms with Gasteiger partial charge in [0.2, 0.25) is 0 Å². The van der Waals surface area contributed by atoms with Crippen molar-refractivity contribution in [1.82, 2.24) is 4.98 Å². The average Bonchev–Trinajstić information content (AvgIpc) is 2.69. The van der Waals surface area contributed by atoms with Crippen LogP contribution in [0.5, 0.6) is 5.75 Å². The van der Waals surface area contributed by atoms with Gasteiger partial charge in [-0.3, -0.25) is 9.78 Å². The second kappa shape index (κ2) is 8.16. The number of anilines is 3. The number of para-hydroxylation sites is 1.